The third-order valence-electron chi connectivity index (χ3n) is 3.36. The van der Waals surface area contributed by atoms with E-state index >= 15 is 0 Å². The molecular formula is C11H24N2OS. The van der Waals surface area contributed by atoms with Crippen molar-refractivity contribution in [3.8, 4) is 0 Å². The van der Waals surface area contributed by atoms with Crippen molar-refractivity contribution in [1.29, 1.82) is 0 Å². The van der Waals surface area contributed by atoms with Crippen LogP contribution in [0.1, 0.15) is 33.1 Å². The van der Waals surface area contributed by atoms with E-state index in [2.05, 4.69) is 18.7 Å². The molecule has 4 heteroatoms. The second-order valence-corrected chi connectivity index (χ2v) is 6.34. The Balaban J connectivity index is 2.38. The van der Waals surface area contributed by atoms with Crippen LogP contribution in [0.5, 0.6) is 0 Å². The lowest BCUT2D eigenvalue weighted by Crippen LogP contribution is -2.49. The first-order valence-electron chi connectivity index (χ1n) is 5.82. The Hall–Kier alpha value is 0.0700. The average Bonchev–Trinajstić information content (AvgIpc) is 2.14. The fraction of sp³-hybridized carbons (Fsp3) is 1.00. The lowest BCUT2D eigenvalue weighted by Gasteiger charge is -2.40. The number of likely N-dealkylation sites (tertiary alicyclic amines) is 1. The van der Waals surface area contributed by atoms with Crippen LogP contribution in [-0.2, 0) is 10.8 Å². The van der Waals surface area contributed by atoms with Crippen molar-refractivity contribution in [3.63, 3.8) is 0 Å². The molecule has 15 heavy (non-hydrogen) atoms. The van der Waals surface area contributed by atoms with Crippen molar-refractivity contribution < 1.29 is 4.21 Å². The number of nitrogens with zero attached hydrogens (tertiary/aromatic N) is 1. The molecule has 3 nitrogen and oxygen atoms in total. The Morgan fingerprint density at radius 2 is 2.27 bits per heavy atom. The second kappa shape index (κ2) is 5.97. The standard InChI is InChI=1S/C11H24N2OS/c1-9(5-7-15(3)14)13-6-4-11(12)8-10(13)2/h9-11H,4-8,12H2,1-3H3. The van der Waals surface area contributed by atoms with Crippen molar-refractivity contribution in [1.82, 2.24) is 4.90 Å². The molecule has 0 aliphatic carbocycles. The van der Waals surface area contributed by atoms with Gasteiger partial charge in [-0.15, -0.1) is 0 Å². The normalized spacial score (nSPS) is 32.5. The predicted molar refractivity (Wildman–Crippen MR) is 66.4 cm³/mol. The van der Waals surface area contributed by atoms with Crippen molar-refractivity contribution >= 4 is 10.8 Å². The highest BCUT2D eigenvalue weighted by atomic mass is 32.2. The molecule has 4 unspecified atom stereocenters. The Bertz CT molecular complexity index is 223. The molecule has 0 bridgehead atoms. The Labute approximate surface area is 95.9 Å². The summed E-state index contributed by atoms with van der Waals surface area (Å²) in [6, 6.07) is 1.49. The molecule has 2 N–H and O–H groups in total. The van der Waals surface area contributed by atoms with Gasteiger partial charge in [0.05, 0.1) is 0 Å². The van der Waals surface area contributed by atoms with Gasteiger partial charge in [0.2, 0.25) is 0 Å². The fourth-order valence-electron chi connectivity index (χ4n) is 2.38. The maximum absolute atomic E-state index is 11.0. The second-order valence-electron chi connectivity index (χ2n) is 4.79. The van der Waals surface area contributed by atoms with Gasteiger partial charge in [0, 0.05) is 47.5 Å². The summed E-state index contributed by atoms with van der Waals surface area (Å²) in [5.41, 5.74) is 5.93. The average molecular weight is 232 g/mol. The van der Waals surface area contributed by atoms with Crippen LogP contribution in [0.25, 0.3) is 0 Å². The van der Waals surface area contributed by atoms with E-state index in [4.69, 9.17) is 5.73 Å². The topological polar surface area (TPSA) is 46.3 Å². The smallest absolute Gasteiger partial charge is 0.0246 e. The molecule has 0 spiro atoms. The summed E-state index contributed by atoms with van der Waals surface area (Å²) in [4.78, 5) is 2.51. The quantitative estimate of drug-likeness (QED) is 0.785. The zero-order valence-electron chi connectivity index (χ0n) is 10.1. The van der Waals surface area contributed by atoms with Gasteiger partial charge in [0.15, 0.2) is 0 Å². The van der Waals surface area contributed by atoms with Crippen molar-refractivity contribution in [2.45, 2.75) is 51.2 Å². The van der Waals surface area contributed by atoms with Crippen LogP contribution in [0.15, 0.2) is 0 Å². The molecule has 0 radical (unpaired) electrons. The number of rotatable bonds is 4. The molecule has 1 heterocycles. The number of nitrogens with two attached hydrogens (primary N) is 1. The van der Waals surface area contributed by atoms with Crippen LogP contribution in [0, 0.1) is 0 Å². The molecule has 1 fully saturated rings. The number of hydrogen-bond acceptors (Lipinski definition) is 3. The minimum Gasteiger partial charge on any atom is -0.328 e. The van der Waals surface area contributed by atoms with Crippen LogP contribution in [-0.4, -0.2) is 45.8 Å². The monoisotopic (exact) mass is 232 g/mol. The molecule has 0 aromatic heterocycles. The zero-order chi connectivity index (χ0) is 11.4. The summed E-state index contributed by atoms with van der Waals surface area (Å²) in [5, 5.41) is 0. The van der Waals surface area contributed by atoms with Gasteiger partial charge >= 0.3 is 0 Å². The first-order valence-corrected chi connectivity index (χ1v) is 7.54. The molecule has 0 saturated carbocycles. The molecular weight excluding hydrogens is 208 g/mol. The maximum atomic E-state index is 11.0. The highest BCUT2D eigenvalue weighted by molar-refractivity contribution is 7.84. The lowest BCUT2D eigenvalue weighted by atomic mass is 9.97. The Morgan fingerprint density at radius 3 is 2.80 bits per heavy atom. The molecule has 1 aliphatic heterocycles. The number of hydrogen-bond donors (Lipinski definition) is 1. The fourth-order valence-corrected chi connectivity index (χ4v) is 3.06. The van der Waals surface area contributed by atoms with E-state index in [1.807, 2.05) is 0 Å². The van der Waals surface area contributed by atoms with E-state index in [0.717, 1.165) is 31.6 Å². The van der Waals surface area contributed by atoms with Gasteiger partial charge in [-0.05, 0) is 33.1 Å². The van der Waals surface area contributed by atoms with Crippen molar-refractivity contribution in [2.75, 3.05) is 18.6 Å². The van der Waals surface area contributed by atoms with Crippen LogP contribution in [0.3, 0.4) is 0 Å². The van der Waals surface area contributed by atoms with Crippen LogP contribution < -0.4 is 5.73 Å². The van der Waals surface area contributed by atoms with E-state index in [9.17, 15) is 4.21 Å². The van der Waals surface area contributed by atoms with Crippen molar-refractivity contribution in [2.24, 2.45) is 5.73 Å². The predicted octanol–water partition coefficient (Wildman–Crippen LogP) is 0.955. The number of piperidine rings is 1. The third-order valence-corrected chi connectivity index (χ3v) is 4.17. The highest BCUT2D eigenvalue weighted by Gasteiger charge is 2.26. The van der Waals surface area contributed by atoms with Gasteiger partial charge in [-0.2, -0.15) is 0 Å². The van der Waals surface area contributed by atoms with Gasteiger partial charge in [0.1, 0.15) is 0 Å². The van der Waals surface area contributed by atoms with E-state index in [1.165, 1.54) is 0 Å². The van der Waals surface area contributed by atoms with E-state index < -0.39 is 10.8 Å². The van der Waals surface area contributed by atoms with Crippen molar-refractivity contribution in [3.05, 3.63) is 0 Å². The summed E-state index contributed by atoms with van der Waals surface area (Å²) in [6.45, 7) is 5.58. The summed E-state index contributed by atoms with van der Waals surface area (Å²) in [6.07, 6.45) is 5.01. The zero-order valence-corrected chi connectivity index (χ0v) is 10.9. The largest absolute Gasteiger partial charge is 0.328 e. The summed E-state index contributed by atoms with van der Waals surface area (Å²) in [7, 11) is -0.660. The van der Waals surface area contributed by atoms with Crippen LogP contribution in [0.4, 0.5) is 0 Å². The molecule has 4 atom stereocenters. The molecule has 90 valence electrons. The highest BCUT2D eigenvalue weighted by Crippen LogP contribution is 2.19. The lowest BCUT2D eigenvalue weighted by molar-refractivity contribution is 0.103. The van der Waals surface area contributed by atoms with Gasteiger partial charge in [0.25, 0.3) is 0 Å². The third kappa shape index (κ3) is 4.21. The van der Waals surface area contributed by atoms with Crippen LogP contribution >= 0.6 is 0 Å². The molecule has 1 saturated heterocycles. The molecule has 1 rings (SSSR count). The molecule has 0 aromatic rings. The first-order chi connectivity index (χ1) is 7.00. The molecule has 1 aliphatic rings. The SMILES string of the molecule is CC(CCS(C)=O)N1CCC(N)CC1C. The van der Waals surface area contributed by atoms with E-state index in [0.29, 0.717) is 18.1 Å². The van der Waals surface area contributed by atoms with Gasteiger partial charge in [-0.25, -0.2) is 0 Å². The maximum Gasteiger partial charge on any atom is 0.0246 e. The summed E-state index contributed by atoms with van der Waals surface area (Å²) in [5.74, 6) is 0.816. The van der Waals surface area contributed by atoms with E-state index in [1.54, 1.807) is 6.26 Å². The Morgan fingerprint density at radius 1 is 1.60 bits per heavy atom. The van der Waals surface area contributed by atoms with Gasteiger partial charge in [-0.1, -0.05) is 0 Å². The van der Waals surface area contributed by atoms with E-state index in [-0.39, 0.29) is 0 Å². The summed E-state index contributed by atoms with van der Waals surface area (Å²) >= 11 is 0. The van der Waals surface area contributed by atoms with Gasteiger partial charge < -0.3 is 5.73 Å². The molecule has 0 aromatic carbocycles. The van der Waals surface area contributed by atoms with Gasteiger partial charge in [-0.3, -0.25) is 9.11 Å². The summed E-state index contributed by atoms with van der Waals surface area (Å²) < 4.78 is 11.0. The minimum atomic E-state index is -0.660. The first kappa shape index (κ1) is 13.1. The minimum absolute atomic E-state index is 0.378. The van der Waals surface area contributed by atoms with Crippen LogP contribution in [0.2, 0.25) is 0 Å². The Kier molecular flexibility index (Phi) is 5.23. The molecule has 0 amide bonds.